The number of nitrogens with one attached hydrogen (secondary N) is 1. The van der Waals surface area contributed by atoms with Crippen LogP contribution in [-0.4, -0.2) is 76.7 Å². The fourth-order valence-corrected chi connectivity index (χ4v) is 6.13. The number of ether oxygens (including phenoxy) is 3. The molecule has 1 N–H and O–H groups in total. The highest BCUT2D eigenvalue weighted by Crippen LogP contribution is 2.34. The smallest absolute Gasteiger partial charge is 0.422 e. The van der Waals surface area contributed by atoms with E-state index in [0.29, 0.717) is 37.6 Å². The number of nitrogens with zero attached hydrogens (tertiary/aromatic N) is 4. The number of amides is 2. The first-order valence-electron chi connectivity index (χ1n) is 16.7. The highest BCUT2D eigenvalue weighted by molar-refractivity contribution is 6.06. The third-order valence-corrected chi connectivity index (χ3v) is 8.99. The average molecular weight is 792 g/mol. The Morgan fingerprint density at radius 3 is 2.27 bits per heavy atom. The van der Waals surface area contributed by atoms with E-state index >= 15 is 0 Å². The second-order valence-electron chi connectivity index (χ2n) is 12.8. The van der Waals surface area contributed by atoms with Crippen molar-refractivity contribution in [2.45, 2.75) is 31.9 Å². The summed E-state index contributed by atoms with van der Waals surface area (Å²) in [6.45, 7) is 2.84. The maximum Gasteiger partial charge on any atom is 0.422 e. The van der Waals surface area contributed by atoms with Crippen LogP contribution in [0.15, 0.2) is 85.1 Å². The number of aryl methyl sites for hydroxylation is 1. The van der Waals surface area contributed by atoms with Gasteiger partial charge in [0.2, 0.25) is 5.88 Å². The molecule has 1 fully saturated rings. The van der Waals surface area contributed by atoms with Crippen molar-refractivity contribution in [2.24, 2.45) is 7.05 Å². The van der Waals surface area contributed by atoms with E-state index in [2.05, 4.69) is 15.2 Å². The summed E-state index contributed by atoms with van der Waals surface area (Å²) in [7, 11) is 2.97. The van der Waals surface area contributed by atoms with Gasteiger partial charge in [0.05, 0.1) is 35.6 Å². The van der Waals surface area contributed by atoms with Gasteiger partial charge in [0.15, 0.2) is 6.61 Å². The van der Waals surface area contributed by atoms with Crippen molar-refractivity contribution in [1.29, 1.82) is 0 Å². The van der Waals surface area contributed by atoms with Crippen LogP contribution in [0.5, 0.6) is 23.1 Å². The van der Waals surface area contributed by atoms with Gasteiger partial charge in [0, 0.05) is 56.8 Å². The molecule has 0 spiro atoms. The van der Waals surface area contributed by atoms with Crippen molar-refractivity contribution in [2.75, 3.05) is 38.7 Å². The summed E-state index contributed by atoms with van der Waals surface area (Å²) in [6.07, 6.45) is -7.65. The number of piperazine rings is 1. The number of alkyl halides is 6. The van der Waals surface area contributed by atoms with Crippen LogP contribution in [0.25, 0.3) is 10.9 Å². The molecule has 0 saturated carbocycles. The SMILES string of the molecule is COc1cc(C(F)(F)F)ccc1C(=O)Nc1ccc(Oc2ccc3cc(C(=O)N4CCN(Cc5ccc(OCC(F)(F)F)cc5)C(C)C4)n(C)c3c2)nc1.Cl. The van der Waals surface area contributed by atoms with Gasteiger partial charge in [0.25, 0.3) is 11.8 Å². The minimum Gasteiger partial charge on any atom is -0.496 e. The number of rotatable bonds is 10. The van der Waals surface area contributed by atoms with Crippen molar-refractivity contribution in [3.63, 3.8) is 0 Å². The minimum atomic E-state index is -4.59. The number of pyridine rings is 1. The van der Waals surface area contributed by atoms with Crippen LogP contribution in [0.4, 0.5) is 32.0 Å². The molecular formula is C38H36ClF6N5O5. The van der Waals surface area contributed by atoms with Gasteiger partial charge in [-0.05, 0) is 67.1 Å². The van der Waals surface area contributed by atoms with E-state index in [-0.39, 0.29) is 53.0 Å². The highest BCUT2D eigenvalue weighted by Gasteiger charge is 2.32. The fourth-order valence-electron chi connectivity index (χ4n) is 6.13. The molecule has 10 nitrogen and oxygen atoms in total. The molecule has 1 saturated heterocycles. The van der Waals surface area contributed by atoms with Gasteiger partial charge < -0.3 is 29.0 Å². The Hall–Kier alpha value is -5.48. The topological polar surface area (TPSA) is 98.2 Å². The molecule has 3 aromatic carbocycles. The van der Waals surface area contributed by atoms with E-state index in [1.807, 2.05) is 19.1 Å². The first kappa shape index (κ1) is 40.7. The molecule has 0 radical (unpaired) electrons. The second kappa shape index (κ2) is 16.5. The summed E-state index contributed by atoms with van der Waals surface area (Å²) in [5.41, 5.74) is 1.42. The third kappa shape index (κ3) is 9.80. The minimum absolute atomic E-state index is 0. The van der Waals surface area contributed by atoms with Gasteiger partial charge in [-0.2, -0.15) is 26.3 Å². The Kier molecular flexibility index (Phi) is 12.2. The number of aromatic nitrogens is 2. The molecular weight excluding hydrogens is 756 g/mol. The maximum absolute atomic E-state index is 13.7. The number of halogens is 7. The molecule has 0 aliphatic carbocycles. The lowest BCUT2D eigenvalue weighted by Crippen LogP contribution is -2.53. The molecule has 2 amide bonds. The Morgan fingerprint density at radius 2 is 1.64 bits per heavy atom. The summed E-state index contributed by atoms with van der Waals surface area (Å²) in [4.78, 5) is 34.8. The van der Waals surface area contributed by atoms with E-state index < -0.39 is 30.4 Å². The van der Waals surface area contributed by atoms with E-state index in [1.165, 1.54) is 37.6 Å². The number of anilines is 1. The quantitative estimate of drug-likeness (QED) is 0.142. The van der Waals surface area contributed by atoms with Gasteiger partial charge in [-0.25, -0.2) is 4.98 Å². The van der Waals surface area contributed by atoms with Crippen LogP contribution in [0.3, 0.4) is 0 Å². The molecule has 5 aromatic rings. The van der Waals surface area contributed by atoms with Crippen molar-refractivity contribution in [3.8, 4) is 23.1 Å². The number of fused-ring (bicyclic) bond motifs is 1. The fraction of sp³-hybridized carbons (Fsp3) is 0.289. The van der Waals surface area contributed by atoms with E-state index in [0.717, 1.165) is 34.7 Å². The number of hydrogen-bond donors (Lipinski definition) is 1. The largest absolute Gasteiger partial charge is 0.496 e. The molecule has 2 aromatic heterocycles. The molecule has 55 heavy (non-hydrogen) atoms. The van der Waals surface area contributed by atoms with Crippen LogP contribution in [-0.2, 0) is 19.8 Å². The van der Waals surface area contributed by atoms with Gasteiger partial charge in [-0.3, -0.25) is 14.5 Å². The normalized spacial score (nSPS) is 15.0. The molecule has 17 heteroatoms. The zero-order valence-electron chi connectivity index (χ0n) is 29.7. The standard InChI is InChI=1S/C38H35F6N5O5.ClH/c1-23-20-49(15-14-48(23)21-24-4-9-28(10-5-24)53-22-37(39,40)41)36(51)32-16-25-6-11-29(18-31(25)47(32)2)54-34-13-8-27(19-45-34)46-35(50)30-12-7-26(38(42,43)44)17-33(30)52-3;/h4-13,16-19,23H,14-15,20-22H2,1-3H3,(H,46,50);1H. The van der Waals surface area contributed by atoms with Crippen molar-refractivity contribution in [3.05, 3.63) is 107 Å². The molecule has 0 bridgehead atoms. The summed E-state index contributed by atoms with van der Waals surface area (Å²) in [5.74, 6) is -0.230. The lowest BCUT2D eigenvalue weighted by atomic mass is 10.1. The molecule has 1 aliphatic rings. The van der Waals surface area contributed by atoms with Crippen LogP contribution >= 0.6 is 12.4 Å². The summed E-state index contributed by atoms with van der Waals surface area (Å²) >= 11 is 0. The Balaban J connectivity index is 0.00000580. The van der Waals surface area contributed by atoms with Crippen molar-refractivity contribution >= 4 is 40.8 Å². The second-order valence-corrected chi connectivity index (χ2v) is 12.8. The first-order valence-corrected chi connectivity index (χ1v) is 16.7. The van der Waals surface area contributed by atoms with Crippen molar-refractivity contribution in [1.82, 2.24) is 19.4 Å². The molecule has 6 rings (SSSR count). The monoisotopic (exact) mass is 791 g/mol. The molecule has 1 atom stereocenters. The zero-order chi connectivity index (χ0) is 38.8. The van der Waals surface area contributed by atoms with Gasteiger partial charge in [-0.1, -0.05) is 12.1 Å². The highest BCUT2D eigenvalue weighted by atomic mass is 35.5. The Bertz CT molecular complexity index is 2140. The molecule has 3 heterocycles. The first-order chi connectivity index (χ1) is 25.6. The lowest BCUT2D eigenvalue weighted by molar-refractivity contribution is -0.153. The van der Waals surface area contributed by atoms with Crippen molar-refractivity contribution < 1.29 is 50.1 Å². The van der Waals surface area contributed by atoms with Crippen LogP contribution in [0.2, 0.25) is 0 Å². The predicted octanol–water partition coefficient (Wildman–Crippen LogP) is 8.35. The Morgan fingerprint density at radius 1 is 0.909 bits per heavy atom. The van der Waals surface area contributed by atoms with Gasteiger partial charge in [-0.15, -0.1) is 12.4 Å². The molecule has 1 unspecified atom stereocenters. The maximum atomic E-state index is 13.7. The average Bonchev–Trinajstić information content (AvgIpc) is 3.46. The van der Waals surface area contributed by atoms with Gasteiger partial charge in [0.1, 0.15) is 22.9 Å². The molecule has 292 valence electrons. The van der Waals surface area contributed by atoms with E-state index in [9.17, 15) is 35.9 Å². The van der Waals surface area contributed by atoms with E-state index in [1.54, 1.807) is 40.8 Å². The van der Waals surface area contributed by atoms with Crippen LogP contribution < -0.4 is 19.5 Å². The van der Waals surface area contributed by atoms with Crippen LogP contribution in [0, 0.1) is 0 Å². The number of hydrogen-bond acceptors (Lipinski definition) is 7. The third-order valence-electron chi connectivity index (χ3n) is 8.99. The summed E-state index contributed by atoms with van der Waals surface area (Å²) in [5, 5.41) is 3.41. The van der Waals surface area contributed by atoms with E-state index in [4.69, 9.17) is 14.2 Å². The lowest BCUT2D eigenvalue weighted by Gasteiger charge is -2.40. The number of carbonyl (C=O) groups is 2. The zero-order valence-corrected chi connectivity index (χ0v) is 30.5. The summed E-state index contributed by atoms with van der Waals surface area (Å²) in [6, 6.07) is 19.4. The van der Waals surface area contributed by atoms with Crippen LogP contribution in [0.1, 0.15) is 38.9 Å². The predicted molar refractivity (Wildman–Crippen MR) is 194 cm³/mol. The number of methoxy groups -OCH3 is 1. The summed E-state index contributed by atoms with van der Waals surface area (Å²) < 4.78 is 94.1. The van der Waals surface area contributed by atoms with Gasteiger partial charge >= 0.3 is 12.4 Å². The molecule has 1 aliphatic heterocycles. The number of carbonyl (C=O) groups excluding carboxylic acids is 2. The Labute approximate surface area is 318 Å². The number of benzene rings is 3.